The summed E-state index contributed by atoms with van der Waals surface area (Å²) in [5, 5.41) is 3.13. The van der Waals surface area contributed by atoms with Gasteiger partial charge in [0.15, 0.2) is 17.5 Å². The molecule has 0 unspecified atom stereocenters. The number of nitrogens with zero attached hydrogens (tertiary/aromatic N) is 6. The van der Waals surface area contributed by atoms with Gasteiger partial charge in [-0.2, -0.15) is 8.75 Å². The molecule has 7 heteroatoms. The minimum absolute atomic E-state index is 0.577. The molecule has 0 spiro atoms. The van der Waals surface area contributed by atoms with Crippen molar-refractivity contribution in [2.45, 2.75) is 0 Å². The lowest BCUT2D eigenvalue weighted by atomic mass is 9.93. The number of pyridine rings is 1. The Morgan fingerprint density at radius 3 is 1.32 bits per heavy atom. The molecule has 8 aromatic carbocycles. The summed E-state index contributed by atoms with van der Waals surface area (Å²) in [6, 6.07) is 66.8. The summed E-state index contributed by atoms with van der Waals surface area (Å²) in [5.41, 5.74) is 13.7. The van der Waals surface area contributed by atoms with Gasteiger partial charge >= 0.3 is 0 Å². The van der Waals surface area contributed by atoms with Crippen LogP contribution in [0.25, 0.3) is 112 Å². The van der Waals surface area contributed by atoms with Crippen LogP contribution < -0.4 is 0 Å². The van der Waals surface area contributed by atoms with Crippen molar-refractivity contribution in [3.05, 3.63) is 194 Å². The number of rotatable bonds is 7. The van der Waals surface area contributed by atoms with Crippen LogP contribution in [0.3, 0.4) is 0 Å². The van der Waals surface area contributed by atoms with E-state index in [2.05, 4.69) is 170 Å². The smallest absolute Gasteiger partial charge is 0.164 e. The van der Waals surface area contributed by atoms with Gasteiger partial charge in [0.25, 0.3) is 0 Å². The van der Waals surface area contributed by atoms with Crippen molar-refractivity contribution in [3.63, 3.8) is 0 Å². The monoisotopic (exact) mass is 772 g/mol. The topological polar surface area (TPSA) is 77.3 Å². The Kier molecular flexibility index (Phi) is 8.56. The number of fused-ring (bicyclic) bond motifs is 5. The molecule has 11 rings (SSSR count). The Labute approximate surface area is 344 Å². The summed E-state index contributed by atoms with van der Waals surface area (Å²) < 4.78 is 9.82. The summed E-state index contributed by atoms with van der Waals surface area (Å²) >= 11 is 1.23. The molecule has 0 aliphatic rings. The lowest BCUT2D eigenvalue weighted by Gasteiger charge is -2.14. The molecule has 0 N–H and O–H groups in total. The normalized spacial score (nSPS) is 11.4. The van der Waals surface area contributed by atoms with Gasteiger partial charge in [0.2, 0.25) is 0 Å². The third kappa shape index (κ3) is 6.40. The Balaban J connectivity index is 1.10. The van der Waals surface area contributed by atoms with Gasteiger partial charge in [-0.25, -0.2) is 19.9 Å². The van der Waals surface area contributed by atoms with Gasteiger partial charge in [-0.3, -0.25) is 0 Å². The van der Waals surface area contributed by atoms with E-state index in [1.807, 2.05) is 24.3 Å². The van der Waals surface area contributed by atoms with Crippen LogP contribution in [0.1, 0.15) is 0 Å². The molecule has 0 fully saturated rings. The third-order valence-electron chi connectivity index (χ3n) is 10.8. The van der Waals surface area contributed by atoms with Crippen LogP contribution in [0.15, 0.2) is 194 Å². The molecule has 3 aromatic heterocycles. The molecule has 0 saturated heterocycles. The van der Waals surface area contributed by atoms with Gasteiger partial charge in [-0.05, 0) is 58.1 Å². The second-order valence-electron chi connectivity index (χ2n) is 14.4. The van der Waals surface area contributed by atoms with Crippen LogP contribution in [0.5, 0.6) is 0 Å². The van der Waals surface area contributed by atoms with E-state index in [1.54, 1.807) is 0 Å². The molecule has 59 heavy (non-hydrogen) atoms. The lowest BCUT2D eigenvalue weighted by molar-refractivity contribution is 1.07. The van der Waals surface area contributed by atoms with E-state index < -0.39 is 0 Å². The van der Waals surface area contributed by atoms with Crippen LogP contribution in [0, 0.1) is 0 Å². The minimum atomic E-state index is 0.577. The predicted octanol–water partition coefficient (Wildman–Crippen LogP) is 13.2. The summed E-state index contributed by atoms with van der Waals surface area (Å²) in [5.74, 6) is 1.77. The molecule has 0 amide bonds. The largest absolute Gasteiger partial charge is 0.247 e. The second-order valence-corrected chi connectivity index (χ2v) is 15.0. The first-order chi connectivity index (χ1) is 29.2. The van der Waals surface area contributed by atoms with E-state index >= 15 is 0 Å². The van der Waals surface area contributed by atoms with Crippen LogP contribution in [-0.2, 0) is 0 Å². The van der Waals surface area contributed by atoms with Crippen LogP contribution in [-0.4, -0.2) is 28.7 Å². The summed E-state index contributed by atoms with van der Waals surface area (Å²) in [4.78, 5) is 20.7. The molecule has 0 aliphatic carbocycles. The van der Waals surface area contributed by atoms with Crippen molar-refractivity contribution in [2.24, 2.45) is 0 Å². The Hall–Kier alpha value is -7.74. The van der Waals surface area contributed by atoms with Crippen molar-refractivity contribution in [1.29, 1.82) is 0 Å². The van der Waals surface area contributed by atoms with Gasteiger partial charge in [0.1, 0.15) is 11.0 Å². The van der Waals surface area contributed by atoms with E-state index in [9.17, 15) is 0 Å². The van der Waals surface area contributed by atoms with E-state index in [0.29, 0.717) is 17.5 Å². The molecule has 11 aromatic rings. The number of aromatic nitrogens is 6. The van der Waals surface area contributed by atoms with Gasteiger partial charge in [-0.15, -0.1) is 0 Å². The summed E-state index contributed by atoms with van der Waals surface area (Å²) in [6.07, 6.45) is 0. The zero-order valence-corrected chi connectivity index (χ0v) is 32.4. The van der Waals surface area contributed by atoms with Crippen molar-refractivity contribution in [1.82, 2.24) is 28.7 Å². The quantitative estimate of drug-likeness (QED) is 0.150. The summed E-state index contributed by atoms with van der Waals surface area (Å²) in [7, 11) is 0. The van der Waals surface area contributed by atoms with Crippen molar-refractivity contribution >= 4 is 44.4 Å². The first kappa shape index (κ1) is 34.5. The predicted molar refractivity (Wildman–Crippen MR) is 242 cm³/mol. The number of hydrogen-bond acceptors (Lipinski definition) is 7. The average Bonchev–Trinajstić information content (AvgIpc) is 3.82. The number of benzene rings is 8. The molecule has 0 aliphatic heterocycles. The van der Waals surface area contributed by atoms with Crippen LogP contribution in [0.2, 0.25) is 0 Å². The second kappa shape index (κ2) is 14.6. The van der Waals surface area contributed by atoms with E-state index in [1.165, 1.54) is 11.7 Å². The third-order valence-corrected chi connectivity index (χ3v) is 11.3. The SMILES string of the molecule is c1ccc(-c2cccc(-c3nc(-c4cccc(-c5ccccc5)c4)nc(-c4cccc(-c5cc6c(-c7ccccc7)nc7ccccc7c6c6nsnc56)c4)n3)c2)cc1. The first-order valence-corrected chi connectivity index (χ1v) is 20.2. The Bertz CT molecular complexity index is 3230. The maximum absolute atomic E-state index is 5.22. The highest BCUT2D eigenvalue weighted by Gasteiger charge is 2.20. The fourth-order valence-electron chi connectivity index (χ4n) is 7.93. The van der Waals surface area contributed by atoms with Crippen molar-refractivity contribution in [2.75, 3.05) is 0 Å². The molecule has 0 radical (unpaired) electrons. The highest BCUT2D eigenvalue weighted by Crippen LogP contribution is 2.41. The minimum Gasteiger partial charge on any atom is -0.247 e. The van der Waals surface area contributed by atoms with Gasteiger partial charge in [-0.1, -0.05) is 164 Å². The average molecular weight is 773 g/mol. The van der Waals surface area contributed by atoms with Crippen LogP contribution in [0.4, 0.5) is 0 Å². The van der Waals surface area contributed by atoms with E-state index in [0.717, 1.165) is 94.0 Å². The lowest BCUT2D eigenvalue weighted by Crippen LogP contribution is -2.00. The number of hydrogen-bond donors (Lipinski definition) is 0. The fourth-order valence-corrected chi connectivity index (χ4v) is 8.49. The highest BCUT2D eigenvalue weighted by atomic mass is 32.1. The zero-order valence-electron chi connectivity index (χ0n) is 31.6. The standard InChI is InChI=1S/C52H32N6S/c1-4-15-33(16-5-1)36-21-12-24-39(29-36)50-54-51(40-25-13-22-37(30-40)34-17-6-2-7-18-34)56-52(55-50)41-26-14-23-38(31-41)43-32-44-46(49-48(43)57-59-58-49)42-27-10-11-28-45(42)53-47(44)35-19-8-3-9-20-35/h1-32H. The maximum atomic E-state index is 5.22. The Morgan fingerprint density at radius 1 is 0.305 bits per heavy atom. The molecule has 6 nitrogen and oxygen atoms in total. The molecule has 0 atom stereocenters. The van der Waals surface area contributed by atoms with Gasteiger partial charge < -0.3 is 0 Å². The Morgan fingerprint density at radius 2 is 0.746 bits per heavy atom. The molecule has 0 bridgehead atoms. The summed E-state index contributed by atoms with van der Waals surface area (Å²) in [6.45, 7) is 0. The van der Waals surface area contributed by atoms with Crippen molar-refractivity contribution < 1.29 is 0 Å². The van der Waals surface area contributed by atoms with E-state index in [-0.39, 0.29) is 0 Å². The van der Waals surface area contributed by atoms with Gasteiger partial charge in [0.05, 0.1) is 22.9 Å². The maximum Gasteiger partial charge on any atom is 0.164 e. The van der Waals surface area contributed by atoms with Gasteiger partial charge in [0, 0.05) is 44.0 Å². The van der Waals surface area contributed by atoms with E-state index in [4.69, 9.17) is 28.7 Å². The first-order valence-electron chi connectivity index (χ1n) is 19.5. The molecular weight excluding hydrogens is 741 g/mol. The fraction of sp³-hybridized carbons (Fsp3) is 0. The zero-order chi connectivity index (χ0) is 39.1. The van der Waals surface area contributed by atoms with Crippen LogP contribution >= 0.6 is 11.7 Å². The molecule has 0 saturated carbocycles. The molecule has 3 heterocycles. The molecule has 276 valence electrons. The highest BCUT2D eigenvalue weighted by molar-refractivity contribution is 7.00. The van der Waals surface area contributed by atoms with Crippen molar-refractivity contribution in [3.8, 4) is 78.8 Å². The molecular formula is C52H32N6S. The number of para-hydroxylation sites is 1.